The number of aliphatic hydroxyl groups excluding tert-OH is 1. The molecule has 0 bridgehead atoms. The third-order valence-electron chi connectivity index (χ3n) is 4.90. The van der Waals surface area contributed by atoms with Gasteiger partial charge in [0, 0.05) is 24.0 Å². The summed E-state index contributed by atoms with van der Waals surface area (Å²) >= 11 is 7.44. The lowest BCUT2D eigenvalue weighted by molar-refractivity contribution is -0.130. The van der Waals surface area contributed by atoms with E-state index in [9.17, 15) is 14.7 Å². The number of aliphatic hydroxyl groups is 1. The number of benzene rings is 1. The van der Waals surface area contributed by atoms with E-state index in [2.05, 4.69) is 9.97 Å². The summed E-state index contributed by atoms with van der Waals surface area (Å²) in [5.41, 5.74) is 2.04. The number of hydrogen-bond donors (Lipinski definition) is 1. The van der Waals surface area contributed by atoms with Crippen LogP contribution >= 0.6 is 22.9 Å². The molecule has 0 saturated carbocycles. The summed E-state index contributed by atoms with van der Waals surface area (Å²) in [6.45, 7) is 3.74. The molecule has 4 rings (SSSR count). The van der Waals surface area contributed by atoms with Gasteiger partial charge >= 0.3 is 0 Å². The number of halogens is 1. The van der Waals surface area contributed by atoms with Crippen molar-refractivity contribution in [3.63, 3.8) is 0 Å². The van der Waals surface area contributed by atoms with Gasteiger partial charge in [-0.3, -0.25) is 14.6 Å². The van der Waals surface area contributed by atoms with Gasteiger partial charge in [-0.15, -0.1) is 11.3 Å². The van der Waals surface area contributed by atoms with Gasteiger partial charge < -0.3 is 10.0 Å². The third kappa shape index (κ3) is 3.62. The van der Waals surface area contributed by atoms with Crippen LogP contribution in [0.2, 0.25) is 5.02 Å². The van der Waals surface area contributed by atoms with Crippen molar-refractivity contribution in [2.45, 2.75) is 26.4 Å². The first-order chi connectivity index (χ1) is 14.4. The van der Waals surface area contributed by atoms with Crippen LogP contribution < -0.4 is 0 Å². The van der Waals surface area contributed by atoms with E-state index in [1.165, 1.54) is 16.2 Å². The standard InChI is InChI=1S/C22H18ClN3O3S/c1-12-21(30-13(2)25-12)19(27)17-18(15-6-3-7-16(23)9-15)26(22(29)20(17)28)11-14-5-4-8-24-10-14/h3-10,18,28H,11H2,1-2H3/t18-/m1/s1. The van der Waals surface area contributed by atoms with Crippen molar-refractivity contribution in [2.75, 3.05) is 0 Å². The molecule has 6 nitrogen and oxygen atoms in total. The Kier molecular flexibility index (Phi) is 5.40. The van der Waals surface area contributed by atoms with Gasteiger partial charge in [-0.25, -0.2) is 4.98 Å². The van der Waals surface area contributed by atoms with Crippen LogP contribution in [0.15, 0.2) is 60.1 Å². The number of nitrogens with zero attached hydrogens (tertiary/aromatic N) is 3. The van der Waals surface area contributed by atoms with E-state index in [0.717, 1.165) is 10.6 Å². The lowest BCUT2D eigenvalue weighted by Gasteiger charge is -2.27. The Hall–Kier alpha value is -3.03. The first kappa shape index (κ1) is 20.3. The minimum Gasteiger partial charge on any atom is -0.503 e. The molecule has 0 fully saturated rings. The van der Waals surface area contributed by atoms with Crippen molar-refractivity contribution in [1.29, 1.82) is 0 Å². The number of pyridine rings is 1. The van der Waals surface area contributed by atoms with E-state index >= 15 is 0 Å². The van der Waals surface area contributed by atoms with Crippen molar-refractivity contribution in [3.8, 4) is 0 Å². The summed E-state index contributed by atoms with van der Waals surface area (Å²) in [7, 11) is 0. The minimum atomic E-state index is -0.772. The van der Waals surface area contributed by atoms with Crippen LogP contribution in [0.4, 0.5) is 0 Å². The van der Waals surface area contributed by atoms with E-state index in [-0.39, 0.29) is 12.1 Å². The van der Waals surface area contributed by atoms with Gasteiger partial charge in [0.05, 0.1) is 27.2 Å². The molecule has 3 aromatic rings. The summed E-state index contributed by atoms with van der Waals surface area (Å²) in [6, 6.07) is 9.80. The normalized spacial score (nSPS) is 16.4. The second-order valence-corrected chi connectivity index (χ2v) is 8.63. The number of carbonyl (C=O) groups excluding carboxylic acids is 2. The number of hydrogen-bond acceptors (Lipinski definition) is 6. The third-order valence-corrected chi connectivity index (χ3v) is 6.20. The van der Waals surface area contributed by atoms with Crippen LogP contribution in [0.1, 0.15) is 37.5 Å². The van der Waals surface area contributed by atoms with Gasteiger partial charge in [-0.1, -0.05) is 29.8 Å². The van der Waals surface area contributed by atoms with E-state index in [1.54, 1.807) is 49.6 Å². The highest BCUT2D eigenvalue weighted by Crippen LogP contribution is 2.41. The fourth-order valence-corrected chi connectivity index (χ4v) is 4.70. The maximum absolute atomic E-state index is 13.4. The molecule has 0 aliphatic carbocycles. The van der Waals surface area contributed by atoms with Crippen LogP contribution in [-0.2, 0) is 11.3 Å². The van der Waals surface area contributed by atoms with E-state index < -0.39 is 23.5 Å². The van der Waals surface area contributed by atoms with E-state index in [4.69, 9.17) is 11.6 Å². The Balaban J connectivity index is 1.83. The Morgan fingerprint density at radius 1 is 1.27 bits per heavy atom. The fourth-order valence-electron chi connectivity index (χ4n) is 3.62. The molecule has 1 atom stereocenters. The first-order valence-corrected chi connectivity index (χ1v) is 10.4. The molecule has 0 radical (unpaired) electrons. The summed E-state index contributed by atoms with van der Waals surface area (Å²) in [5, 5.41) is 12.0. The monoisotopic (exact) mass is 439 g/mol. The number of aryl methyl sites for hydroxylation is 2. The zero-order valence-corrected chi connectivity index (χ0v) is 17.9. The summed E-state index contributed by atoms with van der Waals surface area (Å²) in [4.78, 5) is 36.7. The van der Waals surface area contributed by atoms with Crippen LogP contribution in [0.3, 0.4) is 0 Å². The number of rotatable bonds is 5. The topological polar surface area (TPSA) is 83.4 Å². The molecule has 2 aromatic heterocycles. The molecule has 1 aromatic carbocycles. The number of ketones is 1. The van der Waals surface area contributed by atoms with Gasteiger partial charge in [0.1, 0.15) is 0 Å². The molecule has 0 spiro atoms. The van der Waals surface area contributed by atoms with Crippen LogP contribution in [0, 0.1) is 13.8 Å². The van der Waals surface area contributed by atoms with Crippen molar-refractivity contribution in [3.05, 3.63) is 91.9 Å². The number of amides is 1. The fraction of sp³-hybridized carbons (Fsp3) is 0.182. The quantitative estimate of drug-likeness (QED) is 0.588. The Labute approximate surface area is 182 Å². The van der Waals surface area contributed by atoms with E-state index in [1.807, 2.05) is 13.0 Å². The summed E-state index contributed by atoms with van der Waals surface area (Å²) in [6.07, 6.45) is 3.29. The molecule has 152 valence electrons. The maximum Gasteiger partial charge on any atom is 0.290 e. The Bertz CT molecular complexity index is 1170. The Morgan fingerprint density at radius 2 is 2.07 bits per heavy atom. The lowest BCUT2D eigenvalue weighted by atomic mass is 9.95. The van der Waals surface area contributed by atoms with Gasteiger partial charge in [0.2, 0.25) is 5.78 Å². The van der Waals surface area contributed by atoms with Crippen LogP contribution in [0.25, 0.3) is 0 Å². The highest BCUT2D eigenvalue weighted by Gasteiger charge is 2.44. The molecular weight excluding hydrogens is 422 g/mol. The average Bonchev–Trinajstić information content (AvgIpc) is 3.19. The smallest absolute Gasteiger partial charge is 0.290 e. The number of aromatic nitrogens is 2. The second-order valence-electron chi connectivity index (χ2n) is 6.99. The average molecular weight is 440 g/mol. The molecule has 3 heterocycles. The first-order valence-electron chi connectivity index (χ1n) is 9.24. The van der Waals surface area contributed by atoms with Crippen molar-refractivity contribution in [1.82, 2.24) is 14.9 Å². The maximum atomic E-state index is 13.4. The van der Waals surface area contributed by atoms with Crippen molar-refractivity contribution in [2.24, 2.45) is 0 Å². The van der Waals surface area contributed by atoms with Gasteiger partial charge in [-0.05, 0) is 43.2 Å². The molecule has 30 heavy (non-hydrogen) atoms. The molecule has 1 amide bonds. The molecule has 1 aliphatic heterocycles. The SMILES string of the molecule is Cc1nc(C)c(C(=O)C2=C(O)C(=O)N(Cc3cccnc3)[C@@H]2c2cccc(Cl)c2)s1. The van der Waals surface area contributed by atoms with Gasteiger partial charge in [-0.2, -0.15) is 0 Å². The van der Waals surface area contributed by atoms with E-state index in [0.29, 0.717) is 21.2 Å². The molecule has 1 aliphatic rings. The Morgan fingerprint density at radius 3 is 2.70 bits per heavy atom. The zero-order chi connectivity index (χ0) is 21.4. The van der Waals surface area contributed by atoms with Gasteiger partial charge in [0.25, 0.3) is 5.91 Å². The molecule has 1 N–H and O–H groups in total. The number of thiazole rings is 1. The molecule has 0 saturated heterocycles. The zero-order valence-electron chi connectivity index (χ0n) is 16.3. The highest BCUT2D eigenvalue weighted by molar-refractivity contribution is 7.14. The summed E-state index contributed by atoms with van der Waals surface area (Å²) < 4.78 is 0. The number of carbonyl (C=O) groups is 2. The molecular formula is C22H18ClN3O3S. The molecule has 8 heteroatoms. The molecule has 0 unspecified atom stereocenters. The lowest BCUT2D eigenvalue weighted by Crippen LogP contribution is -2.30. The highest BCUT2D eigenvalue weighted by atomic mass is 35.5. The van der Waals surface area contributed by atoms with Crippen molar-refractivity contribution >= 4 is 34.6 Å². The predicted octanol–water partition coefficient (Wildman–Crippen LogP) is 4.59. The minimum absolute atomic E-state index is 0.0397. The number of Topliss-reactive ketones (excluding diaryl/α,β-unsaturated/α-hetero) is 1. The van der Waals surface area contributed by atoms with Crippen LogP contribution in [-0.4, -0.2) is 31.7 Å². The van der Waals surface area contributed by atoms with Crippen LogP contribution in [0.5, 0.6) is 0 Å². The predicted molar refractivity (Wildman–Crippen MR) is 115 cm³/mol. The second kappa shape index (κ2) is 8.01. The largest absolute Gasteiger partial charge is 0.503 e. The summed E-state index contributed by atoms with van der Waals surface area (Å²) in [5.74, 6) is -1.55. The van der Waals surface area contributed by atoms with Crippen molar-refractivity contribution < 1.29 is 14.7 Å². The van der Waals surface area contributed by atoms with Gasteiger partial charge in [0.15, 0.2) is 5.76 Å².